The van der Waals surface area contributed by atoms with Crippen molar-refractivity contribution >= 4 is 5.91 Å². The van der Waals surface area contributed by atoms with Gasteiger partial charge in [0.05, 0.1) is 6.04 Å². The van der Waals surface area contributed by atoms with Gasteiger partial charge in [-0.1, -0.05) is 26.7 Å². The van der Waals surface area contributed by atoms with E-state index in [1.165, 1.54) is 25.7 Å². The summed E-state index contributed by atoms with van der Waals surface area (Å²) in [4.78, 5) is 14.2. The molecule has 2 aliphatic rings. The third kappa shape index (κ3) is 3.01. The molecule has 0 aromatic rings. The summed E-state index contributed by atoms with van der Waals surface area (Å²) in [5.74, 6) is 1.60. The minimum absolute atomic E-state index is 0.0897. The van der Waals surface area contributed by atoms with Crippen molar-refractivity contribution in [2.75, 3.05) is 13.6 Å². The molecular weight excluding hydrogens is 212 g/mol. The maximum absolute atomic E-state index is 12.3. The maximum Gasteiger partial charge on any atom is 0.239 e. The van der Waals surface area contributed by atoms with Crippen LogP contribution in [-0.2, 0) is 4.79 Å². The molecule has 0 aromatic heterocycles. The van der Waals surface area contributed by atoms with E-state index in [1.807, 2.05) is 11.9 Å². The van der Waals surface area contributed by atoms with Gasteiger partial charge in [-0.3, -0.25) is 4.79 Å². The largest absolute Gasteiger partial charge is 0.344 e. The molecule has 3 atom stereocenters. The van der Waals surface area contributed by atoms with Gasteiger partial charge in [-0.2, -0.15) is 0 Å². The number of carbonyl (C=O) groups is 1. The van der Waals surface area contributed by atoms with E-state index in [1.54, 1.807) is 0 Å². The molecule has 3 unspecified atom stereocenters. The highest BCUT2D eigenvalue weighted by atomic mass is 16.2. The minimum Gasteiger partial charge on any atom is -0.344 e. The molecule has 1 saturated carbocycles. The molecule has 1 amide bonds. The van der Waals surface area contributed by atoms with Crippen LogP contribution in [0.15, 0.2) is 0 Å². The van der Waals surface area contributed by atoms with Crippen molar-refractivity contribution < 1.29 is 4.79 Å². The fourth-order valence-corrected chi connectivity index (χ4v) is 3.41. The smallest absolute Gasteiger partial charge is 0.239 e. The molecular formula is C14H26N2O. The lowest BCUT2D eigenvalue weighted by Gasteiger charge is -2.24. The molecule has 3 nitrogen and oxygen atoms in total. The van der Waals surface area contributed by atoms with Crippen molar-refractivity contribution in [3.8, 4) is 0 Å². The van der Waals surface area contributed by atoms with Gasteiger partial charge in [0.15, 0.2) is 0 Å². The van der Waals surface area contributed by atoms with E-state index in [0.29, 0.717) is 17.9 Å². The molecule has 0 spiro atoms. The predicted octanol–water partition coefficient (Wildman–Crippen LogP) is 2.02. The van der Waals surface area contributed by atoms with Crippen LogP contribution in [0.2, 0.25) is 0 Å². The summed E-state index contributed by atoms with van der Waals surface area (Å²) in [7, 11) is 1.94. The van der Waals surface area contributed by atoms with Crippen LogP contribution in [0.1, 0.15) is 46.0 Å². The first kappa shape index (κ1) is 12.9. The van der Waals surface area contributed by atoms with E-state index in [9.17, 15) is 4.79 Å². The van der Waals surface area contributed by atoms with E-state index in [-0.39, 0.29) is 6.04 Å². The summed E-state index contributed by atoms with van der Waals surface area (Å²) in [5, 5.41) is 3.56. The van der Waals surface area contributed by atoms with Gasteiger partial charge < -0.3 is 10.2 Å². The number of fused-ring (bicyclic) bond motifs is 1. The van der Waals surface area contributed by atoms with Gasteiger partial charge in [0.2, 0.25) is 5.91 Å². The number of carbonyl (C=O) groups excluding carboxylic acids is 1. The first-order valence-electron chi connectivity index (χ1n) is 7.09. The van der Waals surface area contributed by atoms with Gasteiger partial charge in [0.1, 0.15) is 0 Å². The highest BCUT2D eigenvalue weighted by molar-refractivity contribution is 5.82. The lowest BCUT2D eigenvalue weighted by molar-refractivity contribution is -0.132. The average Bonchev–Trinajstić information content (AvgIpc) is 2.70. The van der Waals surface area contributed by atoms with E-state index < -0.39 is 0 Å². The lowest BCUT2D eigenvalue weighted by atomic mass is 9.85. The molecule has 1 aliphatic carbocycles. The SMILES string of the molecule is CC(C)CN(C)C(=O)C1CC2CCCCC2N1. The first-order chi connectivity index (χ1) is 8.08. The molecule has 0 aromatic carbocycles. The zero-order valence-electron chi connectivity index (χ0n) is 11.4. The minimum atomic E-state index is 0.0897. The molecule has 0 radical (unpaired) electrons. The summed E-state index contributed by atoms with van der Waals surface area (Å²) in [6, 6.07) is 0.706. The Morgan fingerprint density at radius 1 is 1.35 bits per heavy atom. The molecule has 0 bridgehead atoms. The van der Waals surface area contributed by atoms with Crippen LogP contribution in [0, 0.1) is 11.8 Å². The highest BCUT2D eigenvalue weighted by Gasteiger charge is 2.39. The van der Waals surface area contributed by atoms with Crippen LogP contribution in [0.25, 0.3) is 0 Å². The Morgan fingerprint density at radius 3 is 2.71 bits per heavy atom. The summed E-state index contributed by atoms with van der Waals surface area (Å²) in [5.41, 5.74) is 0. The molecule has 2 rings (SSSR count). The van der Waals surface area contributed by atoms with Gasteiger partial charge in [-0.15, -0.1) is 0 Å². The summed E-state index contributed by atoms with van der Waals surface area (Å²) < 4.78 is 0. The zero-order valence-corrected chi connectivity index (χ0v) is 11.4. The molecule has 2 fully saturated rings. The standard InChI is InChI=1S/C14H26N2O/c1-10(2)9-16(3)14(17)13-8-11-6-4-5-7-12(11)15-13/h10-13,15H,4-9H2,1-3H3. The van der Waals surface area contributed by atoms with E-state index in [4.69, 9.17) is 0 Å². The monoisotopic (exact) mass is 238 g/mol. The number of nitrogens with zero attached hydrogens (tertiary/aromatic N) is 1. The molecule has 1 saturated heterocycles. The molecule has 17 heavy (non-hydrogen) atoms. The van der Waals surface area contributed by atoms with E-state index in [0.717, 1.165) is 18.9 Å². The third-order valence-corrected chi connectivity index (χ3v) is 4.18. The summed E-state index contributed by atoms with van der Waals surface area (Å²) >= 11 is 0. The molecule has 1 heterocycles. The lowest BCUT2D eigenvalue weighted by Crippen LogP contribution is -2.44. The van der Waals surface area contributed by atoms with Crippen molar-refractivity contribution in [1.29, 1.82) is 0 Å². The van der Waals surface area contributed by atoms with Crippen molar-refractivity contribution in [2.45, 2.75) is 58.0 Å². The number of likely N-dealkylation sites (N-methyl/N-ethyl adjacent to an activating group) is 1. The van der Waals surface area contributed by atoms with Gasteiger partial charge in [-0.25, -0.2) is 0 Å². The Balaban J connectivity index is 1.88. The second-order valence-corrected chi connectivity index (χ2v) is 6.22. The normalized spacial score (nSPS) is 32.6. The van der Waals surface area contributed by atoms with Crippen LogP contribution in [0.3, 0.4) is 0 Å². The second-order valence-electron chi connectivity index (χ2n) is 6.22. The second kappa shape index (κ2) is 5.38. The predicted molar refractivity (Wildman–Crippen MR) is 69.8 cm³/mol. The topological polar surface area (TPSA) is 32.3 Å². The number of hydrogen-bond acceptors (Lipinski definition) is 2. The quantitative estimate of drug-likeness (QED) is 0.816. The Labute approximate surface area is 105 Å². The average molecular weight is 238 g/mol. The number of rotatable bonds is 3. The molecule has 98 valence electrons. The number of hydrogen-bond donors (Lipinski definition) is 1. The van der Waals surface area contributed by atoms with Crippen molar-refractivity contribution in [3.05, 3.63) is 0 Å². The van der Waals surface area contributed by atoms with Crippen LogP contribution in [0.5, 0.6) is 0 Å². The first-order valence-corrected chi connectivity index (χ1v) is 7.09. The van der Waals surface area contributed by atoms with Crippen LogP contribution < -0.4 is 5.32 Å². The Kier molecular flexibility index (Phi) is 4.08. The van der Waals surface area contributed by atoms with Crippen LogP contribution in [-0.4, -0.2) is 36.5 Å². The van der Waals surface area contributed by atoms with Crippen molar-refractivity contribution in [1.82, 2.24) is 10.2 Å². The van der Waals surface area contributed by atoms with Crippen LogP contribution >= 0.6 is 0 Å². The zero-order chi connectivity index (χ0) is 12.4. The highest BCUT2D eigenvalue weighted by Crippen LogP contribution is 2.33. The fraction of sp³-hybridized carbons (Fsp3) is 0.929. The van der Waals surface area contributed by atoms with Gasteiger partial charge in [-0.05, 0) is 31.1 Å². The van der Waals surface area contributed by atoms with Crippen molar-refractivity contribution in [3.63, 3.8) is 0 Å². The third-order valence-electron chi connectivity index (χ3n) is 4.18. The molecule has 3 heteroatoms. The molecule has 1 N–H and O–H groups in total. The number of amides is 1. The van der Waals surface area contributed by atoms with Crippen LogP contribution in [0.4, 0.5) is 0 Å². The Morgan fingerprint density at radius 2 is 2.06 bits per heavy atom. The Hall–Kier alpha value is -0.570. The maximum atomic E-state index is 12.3. The summed E-state index contributed by atoms with van der Waals surface area (Å²) in [6.07, 6.45) is 6.33. The van der Waals surface area contributed by atoms with E-state index in [2.05, 4.69) is 19.2 Å². The Bertz CT molecular complexity index is 263. The fourth-order valence-electron chi connectivity index (χ4n) is 3.41. The number of nitrogens with one attached hydrogen (secondary N) is 1. The van der Waals surface area contributed by atoms with E-state index >= 15 is 0 Å². The van der Waals surface area contributed by atoms with Gasteiger partial charge in [0, 0.05) is 19.6 Å². The van der Waals surface area contributed by atoms with Gasteiger partial charge in [0.25, 0.3) is 0 Å². The summed E-state index contributed by atoms with van der Waals surface area (Å²) in [6.45, 7) is 5.18. The van der Waals surface area contributed by atoms with Gasteiger partial charge >= 0.3 is 0 Å². The van der Waals surface area contributed by atoms with Crippen molar-refractivity contribution in [2.24, 2.45) is 11.8 Å². The molecule has 1 aliphatic heterocycles.